The van der Waals surface area contributed by atoms with Crippen LogP contribution in [0.1, 0.15) is 59.8 Å². The maximum Gasteiger partial charge on any atom is 0.411 e. The second-order valence-electron chi connectivity index (χ2n) is 9.50. The van der Waals surface area contributed by atoms with Crippen molar-refractivity contribution in [1.82, 2.24) is 14.9 Å². The number of halogens is 1. The van der Waals surface area contributed by atoms with Gasteiger partial charge in [0, 0.05) is 13.0 Å². The number of imidazole rings is 1. The summed E-state index contributed by atoms with van der Waals surface area (Å²) in [7, 11) is -1.93. The van der Waals surface area contributed by atoms with Gasteiger partial charge in [0.25, 0.3) is 0 Å². The van der Waals surface area contributed by atoms with Gasteiger partial charge in [0.2, 0.25) is 0 Å². The lowest BCUT2D eigenvalue weighted by Gasteiger charge is -2.38. The summed E-state index contributed by atoms with van der Waals surface area (Å²) in [5.74, 6) is 0.754. The molecule has 0 saturated carbocycles. The van der Waals surface area contributed by atoms with Crippen molar-refractivity contribution in [2.45, 2.75) is 83.8 Å². The first-order chi connectivity index (χ1) is 11.7. The van der Waals surface area contributed by atoms with Crippen LogP contribution in [0.25, 0.3) is 0 Å². The Bertz CT molecular complexity index is 649. The van der Waals surface area contributed by atoms with Gasteiger partial charge in [0.05, 0.1) is 18.3 Å². The van der Waals surface area contributed by atoms with Crippen molar-refractivity contribution >= 4 is 30.3 Å². The van der Waals surface area contributed by atoms with Gasteiger partial charge in [-0.2, -0.15) is 0 Å². The van der Waals surface area contributed by atoms with Crippen molar-refractivity contribution < 1.29 is 14.0 Å². The lowest BCUT2D eigenvalue weighted by atomic mass is 10.2. The molecule has 26 heavy (non-hydrogen) atoms. The molecule has 6 nitrogen and oxygen atoms in total. The zero-order valence-electron chi connectivity index (χ0n) is 17.1. The largest absolute Gasteiger partial charge is 0.444 e. The summed E-state index contributed by atoms with van der Waals surface area (Å²) in [5.41, 5.74) is -0.538. The molecular formula is C18H32BrN3O3Si. The highest BCUT2D eigenvalue weighted by Crippen LogP contribution is 2.41. The molecule has 0 aromatic carbocycles. The molecule has 2 heterocycles. The van der Waals surface area contributed by atoms with E-state index in [9.17, 15) is 4.79 Å². The van der Waals surface area contributed by atoms with E-state index in [-0.39, 0.29) is 23.3 Å². The van der Waals surface area contributed by atoms with E-state index < -0.39 is 13.9 Å². The number of carbonyl (C=O) groups excluding carboxylic acids is 1. The first kappa shape index (κ1) is 21.4. The lowest BCUT2D eigenvalue weighted by Crippen LogP contribution is -2.45. The van der Waals surface area contributed by atoms with Crippen molar-refractivity contribution in [3.8, 4) is 0 Å². The molecule has 0 aliphatic carbocycles. The molecule has 1 aromatic rings. The Morgan fingerprint density at radius 3 is 2.38 bits per heavy atom. The van der Waals surface area contributed by atoms with Crippen LogP contribution >= 0.6 is 15.9 Å². The molecule has 2 atom stereocenters. The van der Waals surface area contributed by atoms with Crippen LogP contribution in [0.15, 0.2) is 10.8 Å². The average Bonchev–Trinajstić information content (AvgIpc) is 3.01. The Hall–Kier alpha value is -0.863. The molecule has 2 rings (SSSR count). The van der Waals surface area contributed by atoms with E-state index in [2.05, 4.69) is 59.8 Å². The minimum Gasteiger partial charge on any atom is -0.444 e. The summed E-state index contributed by atoms with van der Waals surface area (Å²) >= 11 is 3.40. The van der Waals surface area contributed by atoms with Crippen LogP contribution in [0.3, 0.4) is 0 Å². The summed E-state index contributed by atoms with van der Waals surface area (Å²) in [4.78, 5) is 22.1. The van der Waals surface area contributed by atoms with Crippen molar-refractivity contribution in [2.75, 3.05) is 6.54 Å². The van der Waals surface area contributed by atoms with Gasteiger partial charge in [0.1, 0.15) is 16.0 Å². The molecule has 1 aliphatic heterocycles. The van der Waals surface area contributed by atoms with Gasteiger partial charge >= 0.3 is 6.09 Å². The second-order valence-corrected chi connectivity index (χ2v) is 15.1. The molecule has 1 fully saturated rings. The zero-order chi connectivity index (χ0) is 19.9. The number of amides is 1. The second kappa shape index (κ2) is 7.28. The normalized spacial score (nSPS) is 22.0. The Kier molecular flexibility index (Phi) is 6.00. The van der Waals surface area contributed by atoms with Crippen LogP contribution in [-0.4, -0.2) is 47.5 Å². The van der Waals surface area contributed by atoms with Crippen LogP contribution in [0.2, 0.25) is 18.1 Å². The molecule has 1 N–H and O–H groups in total. The minimum absolute atomic E-state index is 0.0164. The van der Waals surface area contributed by atoms with Crippen LogP contribution < -0.4 is 0 Å². The number of hydrogen-bond donors (Lipinski definition) is 1. The Morgan fingerprint density at radius 2 is 1.92 bits per heavy atom. The van der Waals surface area contributed by atoms with E-state index in [0.717, 1.165) is 10.4 Å². The SMILES string of the molecule is CC(C)(C)OC(=O)N1C[C@H](O[Si](C)(C)C(C)(C)C)C[C@H]1c1ncc(Br)[nH]1. The van der Waals surface area contributed by atoms with E-state index >= 15 is 0 Å². The van der Waals surface area contributed by atoms with Crippen molar-refractivity contribution in [3.05, 3.63) is 16.6 Å². The van der Waals surface area contributed by atoms with Crippen molar-refractivity contribution in [3.63, 3.8) is 0 Å². The predicted molar refractivity (Wildman–Crippen MR) is 109 cm³/mol. The number of nitrogens with one attached hydrogen (secondary N) is 1. The van der Waals surface area contributed by atoms with Crippen molar-refractivity contribution in [1.29, 1.82) is 0 Å². The fraction of sp³-hybridized carbons (Fsp3) is 0.778. The zero-order valence-corrected chi connectivity index (χ0v) is 19.7. The third-order valence-corrected chi connectivity index (χ3v) is 9.98. The van der Waals surface area contributed by atoms with E-state index in [0.29, 0.717) is 13.0 Å². The highest BCUT2D eigenvalue weighted by molar-refractivity contribution is 9.10. The summed E-state index contributed by atoms with van der Waals surface area (Å²) in [5, 5.41) is 0.121. The molecular weight excluding hydrogens is 414 g/mol. The van der Waals surface area contributed by atoms with Gasteiger partial charge in [-0.25, -0.2) is 9.78 Å². The molecule has 8 heteroatoms. The van der Waals surface area contributed by atoms with E-state index in [1.54, 1.807) is 11.1 Å². The van der Waals surface area contributed by atoms with Gasteiger partial charge < -0.3 is 14.1 Å². The third-order valence-electron chi connectivity index (χ3n) is 5.04. The maximum absolute atomic E-state index is 12.8. The van der Waals surface area contributed by atoms with Crippen LogP contribution in [0.5, 0.6) is 0 Å². The van der Waals surface area contributed by atoms with Crippen LogP contribution in [-0.2, 0) is 9.16 Å². The Balaban J connectivity index is 2.22. The number of aromatic nitrogens is 2. The topological polar surface area (TPSA) is 67.4 Å². The number of nitrogens with zero attached hydrogens (tertiary/aromatic N) is 2. The van der Waals surface area contributed by atoms with Gasteiger partial charge in [-0.05, 0) is 54.8 Å². The molecule has 1 aromatic heterocycles. The summed E-state index contributed by atoms with van der Waals surface area (Å²) in [6.07, 6.45) is 2.09. The number of ether oxygens (including phenoxy) is 1. The van der Waals surface area contributed by atoms with E-state index in [1.165, 1.54) is 0 Å². The van der Waals surface area contributed by atoms with E-state index in [4.69, 9.17) is 9.16 Å². The van der Waals surface area contributed by atoms with E-state index in [1.807, 2.05) is 20.8 Å². The lowest BCUT2D eigenvalue weighted by molar-refractivity contribution is 0.0203. The van der Waals surface area contributed by atoms with Crippen LogP contribution in [0, 0.1) is 0 Å². The van der Waals surface area contributed by atoms with Crippen molar-refractivity contribution in [2.24, 2.45) is 0 Å². The number of likely N-dealkylation sites (tertiary alicyclic amines) is 1. The summed E-state index contributed by atoms with van der Waals surface area (Å²) in [6.45, 7) is 17.3. The van der Waals surface area contributed by atoms with Gasteiger partial charge in [-0.3, -0.25) is 4.90 Å². The molecule has 148 valence electrons. The Morgan fingerprint density at radius 1 is 1.31 bits per heavy atom. The first-order valence-corrected chi connectivity index (χ1v) is 12.8. The fourth-order valence-electron chi connectivity index (χ4n) is 2.74. The van der Waals surface area contributed by atoms with Gasteiger partial charge in [-0.1, -0.05) is 20.8 Å². The molecule has 1 aliphatic rings. The number of H-pyrrole nitrogens is 1. The number of hydrogen-bond acceptors (Lipinski definition) is 4. The summed E-state index contributed by atoms with van der Waals surface area (Å²) < 4.78 is 13.0. The molecule has 0 spiro atoms. The quantitative estimate of drug-likeness (QED) is 0.645. The molecule has 1 saturated heterocycles. The standard InChI is InChI=1S/C18H32BrN3O3Si/c1-17(2,3)24-16(23)22-11-12(25-26(7,8)18(4,5)6)9-13(22)15-20-10-14(19)21-15/h10,12-13H,9,11H2,1-8H3,(H,20,21)/t12-,13+/m1/s1. The number of aromatic amines is 1. The number of rotatable bonds is 3. The highest BCUT2D eigenvalue weighted by atomic mass is 79.9. The Labute approximate surface area is 166 Å². The van der Waals surface area contributed by atoms with Crippen LogP contribution in [0.4, 0.5) is 4.79 Å². The molecule has 0 unspecified atom stereocenters. The maximum atomic E-state index is 12.8. The predicted octanol–water partition coefficient (Wildman–Crippen LogP) is 5.24. The molecule has 1 amide bonds. The third kappa shape index (κ3) is 5.10. The first-order valence-electron chi connectivity index (χ1n) is 9.07. The fourth-order valence-corrected chi connectivity index (χ4v) is 4.40. The highest BCUT2D eigenvalue weighted by Gasteiger charge is 2.45. The minimum atomic E-state index is -1.93. The average molecular weight is 446 g/mol. The summed E-state index contributed by atoms with van der Waals surface area (Å²) in [6, 6.07) is -0.175. The molecule has 0 radical (unpaired) electrons. The van der Waals surface area contributed by atoms with Gasteiger partial charge in [-0.15, -0.1) is 0 Å². The van der Waals surface area contributed by atoms with Gasteiger partial charge in [0.15, 0.2) is 8.32 Å². The molecule has 0 bridgehead atoms. The smallest absolute Gasteiger partial charge is 0.411 e. The number of carbonyl (C=O) groups is 1. The monoisotopic (exact) mass is 445 g/mol.